The molecule has 31 heavy (non-hydrogen) atoms. The SMILES string of the molecule is CCC(NC1CCCCC1)C(CNc1nc2ccccc2cc1-c1ncccn1)OC. The number of anilines is 1. The van der Waals surface area contributed by atoms with E-state index in [1.54, 1.807) is 19.5 Å². The first-order chi connectivity index (χ1) is 15.3. The van der Waals surface area contributed by atoms with Gasteiger partial charge in [0.25, 0.3) is 0 Å². The molecule has 1 fully saturated rings. The highest BCUT2D eigenvalue weighted by Crippen LogP contribution is 2.28. The predicted molar refractivity (Wildman–Crippen MR) is 126 cm³/mol. The minimum absolute atomic E-state index is 0.0461. The first-order valence-electron chi connectivity index (χ1n) is 11.5. The lowest BCUT2D eigenvalue weighted by molar-refractivity contribution is 0.0699. The normalized spacial score (nSPS) is 16.8. The first kappa shape index (κ1) is 21.7. The van der Waals surface area contributed by atoms with E-state index in [1.165, 1.54) is 32.1 Å². The summed E-state index contributed by atoms with van der Waals surface area (Å²) < 4.78 is 5.92. The lowest BCUT2D eigenvalue weighted by Gasteiger charge is -2.32. The van der Waals surface area contributed by atoms with Crippen molar-refractivity contribution in [3.63, 3.8) is 0 Å². The molecule has 2 atom stereocenters. The summed E-state index contributed by atoms with van der Waals surface area (Å²) >= 11 is 0. The monoisotopic (exact) mass is 419 g/mol. The van der Waals surface area contributed by atoms with Crippen LogP contribution < -0.4 is 10.6 Å². The number of hydrogen-bond donors (Lipinski definition) is 2. The van der Waals surface area contributed by atoms with Crippen LogP contribution >= 0.6 is 0 Å². The Kier molecular flexibility index (Phi) is 7.43. The third-order valence-corrected chi connectivity index (χ3v) is 6.25. The van der Waals surface area contributed by atoms with Crippen LogP contribution in [0.15, 0.2) is 48.8 Å². The predicted octanol–water partition coefficient (Wildman–Crippen LogP) is 4.82. The fourth-order valence-corrected chi connectivity index (χ4v) is 4.51. The zero-order valence-electron chi connectivity index (χ0n) is 18.6. The molecule has 0 saturated heterocycles. The summed E-state index contributed by atoms with van der Waals surface area (Å²) in [6.45, 7) is 2.89. The van der Waals surface area contributed by atoms with E-state index in [4.69, 9.17) is 9.72 Å². The fraction of sp³-hybridized carbons (Fsp3) is 0.480. The molecule has 6 nitrogen and oxygen atoms in total. The Hall–Kier alpha value is -2.57. The van der Waals surface area contributed by atoms with Crippen molar-refractivity contribution in [2.75, 3.05) is 19.0 Å². The second-order valence-corrected chi connectivity index (χ2v) is 8.32. The van der Waals surface area contributed by atoms with Gasteiger partial charge in [-0.2, -0.15) is 0 Å². The Labute approximate surface area is 184 Å². The van der Waals surface area contributed by atoms with Crippen molar-refractivity contribution in [2.24, 2.45) is 0 Å². The van der Waals surface area contributed by atoms with E-state index in [1.807, 2.05) is 24.3 Å². The number of aromatic nitrogens is 3. The molecule has 164 valence electrons. The molecule has 0 amide bonds. The Balaban J connectivity index is 1.54. The van der Waals surface area contributed by atoms with Crippen molar-refractivity contribution in [1.29, 1.82) is 0 Å². The Morgan fingerprint density at radius 3 is 2.58 bits per heavy atom. The van der Waals surface area contributed by atoms with Crippen molar-refractivity contribution in [2.45, 2.75) is 63.6 Å². The second kappa shape index (κ2) is 10.6. The Morgan fingerprint density at radius 1 is 1.06 bits per heavy atom. The number of nitrogens with one attached hydrogen (secondary N) is 2. The van der Waals surface area contributed by atoms with Gasteiger partial charge in [-0.15, -0.1) is 0 Å². The third kappa shape index (κ3) is 5.38. The van der Waals surface area contributed by atoms with Crippen LogP contribution in [0.4, 0.5) is 5.82 Å². The molecule has 0 radical (unpaired) electrons. The number of methoxy groups -OCH3 is 1. The van der Waals surface area contributed by atoms with Gasteiger partial charge in [-0.1, -0.05) is 44.4 Å². The zero-order valence-corrected chi connectivity index (χ0v) is 18.6. The van der Waals surface area contributed by atoms with E-state index in [0.29, 0.717) is 24.5 Å². The van der Waals surface area contributed by atoms with Gasteiger partial charge in [-0.3, -0.25) is 0 Å². The highest BCUT2D eigenvalue weighted by atomic mass is 16.5. The van der Waals surface area contributed by atoms with Gasteiger partial charge in [-0.05, 0) is 37.5 Å². The summed E-state index contributed by atoms with van der Waals surface area (Å²) in [5.41, 5.74) is 1.86. The molecule has 0 spiro atoms. The smallest absolute Gasteiger partial charge is 0.162 e. The summed E-state index contributed by atoms with van der Waals surface area (Å²) in [4.78, 5) is 13.8. The highest BCUT2D eigenvalue weighted by Gasteiger charge is 2.24. The molecule has 2 N–H and O–H groups in total. The van der Waals surface area contributed by atoms with E-state index < -0.39 is 0 Å². The molecule has 0 bridgehead atoms. The van der Waals surface area contributed by atoms with E-state index >= 15 is 0 Å². The van der Waals surface area contributed by atoms with Gasteiger partial charge < -0.3 is 15.4 Å². The summed E-state index contributed by atoms with van der Waals surface area (Å²) in [6, 6.07) is 13.0. The molecule has 4 rings (SSSR count). The van der Waals surface area contributed by atoms with Crippen LogP contribution in [0.5, 0.6) is 0 Å². The number of benzene rings is 1. The minimum atomic E-state index is 0.0461. The van der Waals surface area contributed by atoms with Crippen molar-refractivity contribution >= 4 is 16.7 Å². The van der Waals surface area contributed by atoms with Crippen LogP contribution in [-0.4, -0.2) is 46.8 Å². The van der Waals surface area contributed by atoms with Gasteiger partial charge in [0, 0.05) is 43.5 Å². The topological polar surface area (TPSA) is 72.0 Å². The van der Waals surface area contributed by atoms with Crippen LogP contribution in [0.25, 0.3) is 22.3 Å². The molecule has 1 saturated carbocycles. The molecule has 2 unspecified atom stereocenters. The average molecular weight is 420 g/mol. The molecule has 6 heteroatoms. The zero-order chi connectivity index (χ0) is 21.5. The average Bonchev–Trinajstić information content (AvgIpc) is 2.84. The van der Waals surface area contributed by atoms with Gasteiger partial charge >= 0.3 is 0 Å². The number of ether oxygens (including phenoxy) is 1. The van der Waals surface area contributed by atoms with Crippen LogP contribution in [0.2, 0.25) is 0 Å². The molecule has 3 aromatic rings. The molecule has 0 aliphatic heterocycles. The molecule has 1 aliphatic carbocycles. The first-order valence-corrected chi connectivity index (χ1v) is 11.5. The summed E-state index contributed by atoms with van der Waals surface area (Å²) in [5.74, 6) is 1.46. The second-order valence-electron chi connectivity index (χ2n) is 8.32. The van der Waals surface area contributed by atoms with Crippen molar-refractivity contribution in [3.05, 3.63) is 48.8 Å². The van der Waals surface area contributed by atoms with Crippen molar-refractivity contribution in [1.82, 2.24) is 20.3 Å². The molecule has 2 aromatic heterocycles. The van der Waals surface area contributed by atoms with E-state index in [2.05, 4.69) is 39.7 Å². The lowest BCUT2D eigenvalue weighted by Crippen LogP contribution is -2.49. The summed E-state index contributed by atoms with van der Waals surface area (Å²) in [7, 11) is 1.80. The standard InChI is InChI=1S/C25H33N5O/c1-3-21(29-19-11-5-4-6-12-19)23(31-2)17-28-25-20(24-26-14-9-15-27-24)16-18-10-7-8-13-22(18)30-25/h7-10,13-16,19,21,23,29H,3-6,11-12,17H2,1-2H3,(H,28,30). The van der Waals surface area contributed by atoms with E-state index in [-0.39, 0.29) is 6.10 Å². The largest absolute Gasteiger partial charge is 0.378 e. The van der Waals surface area contributed by atoms with Crippen LogP contribution in [0, 0.1) is 0 Å². The van der Waals surface area contributed by atoms with Gasteiger partial charge in [0.15, 0.2) is 5.82 Å². The number of fused-ring (bicyclic) bond motifs is 1. The Bertz CT molecular complexity index is 959. The minimum Gasteiger partial charge on any atom is -0.378 e. The van der Waals surface area contributed by atoms with Crippen LogP contribution in [0.3, 0.4) is 0 Å². The van der Waals surface area contributed by atoms with Gasteiger partial charge in [0.05, 0.1) is 17.2 Å². The van der Waals surface area contributed by atoms with Crippen molar-refractivity contribution < 1.29 is 4.74 Å². The lowest BCUT2D eigenvalue weighted by atomic mass is 9.94. The number of rotatable bonds is 9. The Morgan fingerprint density at radius 2 is 1.84 bits per heavy atom. The van der Waals surface area contributed by atoms with Crippen molar-refractivity contribution in [3.8, 4) is 11.4 Å². The maximum Gasteiger partial charge on any atom is 0.162 e. The molecular weight excluding hydrogens is 386 g/mol. The summed E-state index contributed by atoms with van der Waals surface area (Å²) in [5, 5.41) is 8.48. The molecule has 2 heterocycles. The van der Waals surface area contributed by atoms with E-state index in [9.17, 15) is 0 Å². The van der Waals surface area contributed by atoms with Gasteiger partial charge in [0.2, 0.25) is 0 Å². The maximum absolute atomic E-state index is 5.92. The fourth-order valence-electron chi connectivity index (χ4n) is 4.51. The van der Waals surface area contributed by atoms with E-state index in [0.717, 1.165) is 28.7 Å². The maximum atomic E-state index is 5.92. The number of pyridine rings is 1. The highest BCUT2D eigenvalue weighted by molar-refractivity contribution is 5.87. The molecule has 1 aliphatic rings. The number of para-hydroxylation sites is 1. The van der Waals surface area contributed by atoms with Crippen LogP contribution in [0.1, 0.15) is 45.4 Å². The van der Waals surface area contributed by atoms with Gasteiger partial charge in [-0.25, -0.2) is 15.0 Å². The number of nitrogens with zero attached hydrogens (tertiary/aromatic N) is 3. The van der Waals surface area contributed by atoms with Gasteiger partial charge in [0.1, 0.15) is 5.82 Å². The van der Waals surface area contributed by atoms with Crippen LogP contribution in [-0.2, 0) is 4.74 Å². The summed E-state index contributed by atoms with van der Waals surface area (Å²) in [6.07, 6.45) is 11.1. The quantitative estimate of drug-likeness (QED) is 0.518. The third-order valence-electron chi connectivity index (χ3n) is 6.25. The number of hydrogen-bond acceptors (Lipinski definition) is 6. The molecular formula is C25H33N5O. The molecule has 1 aromatic carbocycles.